The molecular formula is C19H23N3O2. The van der Waals surface area contributed by atoms with Crippen molar-refractivity contribution in [3.8, 4) is 5.75 Å². The third kappa shape index (κ3) is 4.32. The maximum absolute atomic E-state index is 12.4. The van der Waals surface area contributed by atoms with Crippen molar-refractivity contribution in [2.24, 2.45) is 11.7 Å². The summed E-state index contributed by atoms with van der Waals surface area (Å²) in [5.74, 6) is 1.18. The summed E-state index contributed by atoms with van der Waals surface area (Å²) in [6.07, 6.45) is 4.01. The summed E-state index contributed by atoms with van der Waals surface area (Å²) in [7, 11) is 0. The number of carbonyl (C=O) groups is 1. The lowest BCUT2D eigenvalue weighted by molar-refractivity contribution is 0.0933. The molecule has 5 heteroatoms. The van der Waals surface area contributed by atoms with Crippen LogP contribution in [0.25, 0.3) is 0 Å². The van der Waals surface area contributed by atoms with E-state index in [1.165, 1.54) is 0 Å². The molecule has 0 aliphatic heterocycles. The van der Waals surface area contributed by atoms with Crippen molar-refractivity contribution in [3.05, 3.63) is 59.4 Å². The van der Waals surface area contributed by atoms with Gasteiger partial charge in [-0.2, -0.15) is 0 Å². The zero-order valence-corrected chi connectivity index (χ0v) is 13.9. The van der Waals surface area contributed by atoms with Crippen LogP contribution in [-0.4, -0.2) is 23.5 Å². The monoisotopic (exact) mass is 325 g/mol. The lowest BCUT2D eigenvalue weighted by Crippen LogP contribution is -2.41. The first-order valence-corrected chi connectivity index (χ1v) is 8.31. The molecule has 1 saturated carbocycles. The molecule has 3 rings (SSSR count). The molecule has 2 aromatic rings. The number of nitrogens with zero attached hydrogens (tertiary/aromatic N) is 1. The molecule has 24 heavy (non-hydrogen) atoms. The first-order valence-electron chi connectivity index (χ1n) is 8.31. The minimum Gasteiger partial charge on any atom is -0.487 e. The van der Waals surface area contributed by atoms with Gasteiger partial charge in [0.25, 0.3) is 5.91 Å². The summed E-state index contributed by atoms with van der Waals surface area (Å²) in [5, 5.41) is 3.04. The van der Waals surface area contributed by atoms with Gasteiger partial charge < -0.3 is 15.8 Å². The van der Waals surface area contributed by atoms with Crippen LogP contribution >= 0.6 is 0 Å². The molecule has 1 heterocycles. The quantitative estimate of drug-likeness (QED) is 0.819. The van der Waals surface area contributed by atoms with Gasteiger partial charge in [0.1, 0.15) is 12.4 Å². The number of pyridine rings is 1. The number of amides is 1. The smallest absolute Gasteiger partial charge is 0.251 e. The number of benzene rings is 1. The topological polar surface area (TPSA) is 77.2 Å². The average Bonchev–Trinajstić information content (AvgIpc) is 3.44. The second-order valence-corrected chi connectivity index (χ2v) is 6.28. The fourth-order valence-corrected chi connectivity index (χ4v) is 2.63. The van der Waals surface area contributed by atoms with Gasteiger partial charge in [-0.1, -0.05) is 12.1 Å². The highest BCUT2D eigenvalue weighted by molar-refractivity contribution is 5.94. The van der Waals surface area contributed by atoms with Crippen LogP contribution in [0.5, 0.6) is 5.75 Å². The Labute approximate surface area is 142 Å². The first-order chi connectivity index (χ1) is 11.7. The summed E-state index contributed by atoms with van der Waals surface area (Å²) in [5.41, 5.74) is 8.28. The van der Waals surface area contributed by atoms with E-state index in [1.807, 2.05) is 43.3 Å². The number of rotatable bonds is 7. The van der Waals surface area contributed by atoms with E-state index in [9.17, 15) is 4.79 Å². The maximum Gasteiger partial charge on any atom is 0.251 e. The summed E-state index contributed by atoms with van der Waals surface area (Å²) in [6, 6.07) is 11.4. The van der Waals surface area contributed by atoms with Crippen LogP contribution in [0.4, 0.5) is 0 Å². The fourth-order valence-electron chi connectivity index (χ4n) is 2.63. The highest BCUT2D eigenvalue weighted by atomic mass is 16.5. The summed E-state index contributed by atoms with van der Waals surface area (Å²) in [4.78, 5) is 16.6. The second kappa shape index (κ2) is 7.45. The van der Waals surface area contributed by atoms with E-state index in [0.29, 0.717) is 30.4 Å². The maximum atomic E-state index is 12.4. The molecular weight excluding hydrogens is 302 g/mol. The largest absolute Gasteiger partial charge is 0.487 e. The van der Waals surface area contributed by atoms with Crippen molar-refractivity contribution < 1.29 is 9.53 Å². The number of hydrogen-bond acceptors (Lipinski definition) is 4. The lowest BCUT2D eigenvalue weighted by Gasteiger charge is -2.16. The highest BCUT2D eigenvalue weighted by Gasteiger charge is 2.31. The Bertz CT molecular complexity index is 696. The Morgan fingerprint density at radius 3 is 2.88 bits per heavy atom. The molecule has 0 radical (unpaired) electrons. The molecule has 126 valence electrons. The van der Waals surface area contributed by atoms with Gasteiger partial charge in [0.2, 0.25) is 0 Å². The first kappa shape index (κ1) is 16.5. The van der Waals surface area contributed by atoms with E-state index in [-0.39, 0.29) is 11.9 Å². The third-order valence-corrected chi connectivity index (χ3v) is 4.24. The van der Waals surface area contributed by atoms with Gasteiger partial charge in [0.05, 0.1) is 6.20 Å². The van der Waals surface area contributed by atoms with E-state index >= 15 is 0 Å². The van der Waals surface area contributed by atoms with Crippen LogP contribution in [0.15, 0.2) is 42.6 Å². The van der Waals surface area contributed by atoms with E-state index in [1.54, 1.807) is 6.20 Å². The van der Waals surface area contributed by atoms with E-state index in [2.05, 4.69) is 10.3 Å². The van der Waals surface area contributed by atoms with Crippen LogP contribution in [0.2, 0.25) is 0 Å². The molecule has 1 amide bonds. The van der Waals surface area contributed by atoms with E-state index in [4.69, 9.17) is 10.5 Å². The Hall–Kier alpha value is -2.40. The van der Waals surface area contributed by atoms with Gasteiger partial charge in [0.15, 0.2) is 0 Å². The van der Waals surface area contributed by atoms with Crippen LogP contribution < -0.4 is 15.8 Å². The minimum absolute atomic E-state index is 0.0730. The molecule has 0 saturated heterocycles. The van der Waals surface area contributed by atoms with Crippen LogP contribution in [0, 0.1) is 12.8 Å². The molecule has 1 atom stereocenters. The zero-order chi connectivity index (χ0) is 16.9. The van der Waals surface area contributed by atoms with Crippen molar-refractivity contribution in [3.63, 3.8) is 0 Å². The van der Waals surface area contributed by atoms with Gasteiger partial charge in [-0.3, -0.25) is 9.78 Å². The predicted molar refractivity (Wildman–Crippen MR) is 92.8 cm³/mol. The molecule has 0 bridgehead atoms. The molecule has 5 nitrogen and oxygen atoms in total. The molecule has 1 fully saturated rings. The Morgan fingerprint density at radius 2 is 2.21 bits per heavy atom. The number of nitrogens with two attached hydrogens (primary N) is 1. The fraction of sp³-hybridized carbons (Fsp3) is 0.368. The van der Waals surface area contributed by atoms with Crippen molar-refractivity contribution in [2.45, 2.75) is 32.4 Å². The van der Waals surface area contributed by atoms with Gasteiger partial charge in [-0.15, -0.1) is 0 Å². The van der Waals surface area contributed by atoms with E-state index < -0.39 is 0 Å². The summed E-state index contributed by atoms with van der Waals surface area (Å²) in [6.45, 7) is 2.82. The molecule has 1 aliphatic rings. The summed E-state index contributed by atoms with van der Waals surface area (Å²) < 4.78 is 5.72. The zero-order valence-electron chi connectivity index (χ0n) is 13.9. The molecule has 1 unspecified atom stereocenters. The van der Waals surface area contributed by atoms with Crippen molar-refractivity contribution in [2.75, 3.05) is 6.54 Å². The lowest BCUT2D eigenvalue weighted by atomic mass is 10.1. The number of aryl methyl sites for hydroxylation is 1. The van der Waals surface area contributed by atoms with Gasteiger partial charge in [0, 0.05) is 23.8 Å². The standard InChI is InChI=1S/C19H23N3O2/c1-13-5-8-17(11-21-13)24-12-14-3-2-4-16(9-14)19(23)22-18(10-20)15-6-7-15/h2-5,8-9,11,15,18H,6-7,10,12,20H2,1H3,(H,22,23). The van der Waals surface area contributed by atoms with Gasteiger partial charge >= 0.3 is 0 Å². The second-order valence-electron chi connectivity index (χ2n) is 6.28. The average molecular weight is 325 g/mol. The predicted octanol–water partition coefficient (Wildman–Crippen LogP) is 2.44. The summed E-state index contributed by atoms with van der Waals surface area (Å²) >= 11 is 0. The van der Waals surface area contributed by atoms with Crippen molar-refractivity contribution in [1.82, 2.24) is 10.3 Å². The molecule has 1 aromatic carbocycles. The number of ether oxygens (including phenoxy) is 1. The van der Waals surface area contributed by atoms with Crippen LogP contribution in [0.1, 0.15) is 34.5 Å². The highest BCUT2D eigenvalue weighted by Crippen LogP contribution is 2.32. The molecule has 1 aromatic heterocycles. The van der Waals surface area contributed by atoms with Crippen molar-refractivity contribution in [1.29, 1.82) is 0 Å². The van der Waals surface area contributed by atoms with E-state index in [0.717, 1.165) is 24.1 Å². The SMILES string of the molecule is Cc1ccc(OCc2cccc(C(=O)NC(CN)C3CC3)c2)cn1. The normalized spacial score (nSPS) is 14.9. The molecule has 3 N–H and O–H groups in total. The number of carbonyl (C=O) groups excluding carboxylic acids is 1. The van der Waals surface area contributed by atoms with Gasteiger partial charge in [-0.05, 0) is 55.5 Å². The Kier molecular flexibility index (Phi) is 5.11. The molecule has 0 spiro atoms. The number of hydrogen-bond donors (Lipinski definition) is 2. The number of aromatic nitrogens is 1. The van der Waals surface area contributed by atoms with Crippen molar-refractivity contribution >= 4 is 5.91 Å². The minimum atomic E-state index is -0.0730. The number of nitrogens with one attached hydrogen (secondary N) is 1. The van der Waals surface area contributed by atoms with Gasteiger partial charge in [-0.25, -0.2) is 0 Å². The Balaban J connectivity index is 1.60. The van der Waals surface area contributed by atoms with Crippen LogP contribution in [-0.2, 0) is 6.61 Å². The Morgan fingerprint density at radius 1 is 1.38 bits per heavy atom. The third-order valence-electron chi connectivity index (χ3n) is 4.24. The van der Waals surface area contributed by atoms with Crippen LogP contribution in [0.3, 0.4) is 0 Å². The molecule has 1 aliphatic carbocycles.